The third-order valence-corrected chi connectivity index (χ3v) is 6.30. The summed E-state index contributed by atoms with van der Waals surface area (Å²) in [6.45, 7) is 4.59. The number of pyridine rings is 1. The molecule has 3 aliphatic rings. The number of ether oxygens (including phenoxy) is 1. The summed E-state index contributed by atoms with van der Waals surface area (Å²) in [5.74, 6) is 0.127. The zero-order valence-corrected chi connectivity index (χ0v) is 17.4. The van der Waals surface area contributed by atoms with E-state index in [-0.39, 0.29) is 24.1 Å². The summed E-state index contributed by atoms with van der Waals surface area (Å²) in [7, 11) is 0. The van der Waals surface area contributed by atoms with Gasteiger partial charge in [-0.3, -0.25) is 14.5 Å². The van der Waals surface area contributed by atoms with Crippen LogP contribution in [0.15, 0.2) is 30.7 Å². The second kappa shape index (κ2) is 7.38. The number of carbonyl (C=O) groups excluding carboxylic acids is 1. The molecule has 3 atom stereocenters. The highest BCUT2D eigenvalue weighted by Gasteiger charge is 2.39. The van der Waals surface area contributed by atoms with Crippen molar-refractivity contribution in [1.82, 2.24) is 29.8 Å². The van der Waals surface area contributed by atoms with Gasteiger partial charge in [0.1, 0.15) is 17.5 Å². The Kier molecular flexibility index (Phi) is 4.47. The molecule has 2 saturated heterocycles. The smallest absolute Gasteiger partial charge is 0.257 e. The van der Waals surface area contributed by atoms with E-state index in [0.29, 0.717) is 54.6 Å². The zero-order valence-electron chi connectivity index (χ0n) is 17.4. The van der Waals surface area contributed by atoms with E-state index in [0.717, 1.165) is 12.7 Å². The summed E-state index contributed by atoms with van der Waals surface area (Å²) in [5, 5.41) is 8.99. The number of halogens is 1. The molecule has 1 amide bonds. The van der Waals surface area contributed by atoms with E-state index in [2.05, 4.69) is 32.2 Å². The van der Waals surface area contributed by atoms with Gasteiger partial charge >= 0.3 is 0 Å². The highest BCUT2D eigenvalue weighted by atomic mass is 19.1. The number of hydrogen-bond acceptors (Lipinski definition) is 8. The predicted octanol–water partition coefficient (Wildman–Crippen LogP) is 1.34. The van der Waals surface area contributed by atoms with Crippen molar-refractivity contribution in [2.24, 2.45) is 0 Å². The standard InChI is InChI=1S/C21H22FN7O3/c1-2-27-10-15-17(11-27)32-21-13(7-12(22)8-23-21)16-4-6-31-29(16)18-3-5-28-19(26-18)14(9-24-28)20(30)25-15/h3,5,7-9,15-17H,2,4,6,10-11H2,1H3,(H,25,30)/t15-,16+,17+/m1/s1. The highest BCUT2D eigenvalue weighted by molar-refractivity contribution is 6.00. The maximum absolute atomic E-state index is 14.3. The summed E-state index contributed by atoms with van der Waals surface area (Å²) in [6.07, 6.45) is 4.67. The molecule has 0 spiro atoms. The summed E-state index contributed by atoms with van der Waals surface area (Å²) in [6, 6.07) is 2.59. The fourth-order valence-corrected chi connectivity index (χ4v) is 4.66. The largest absolute Gasteiger partial charge is 0.470 e. The van der Waals surface area contributed by atoms with Crippen molar-refractivity contribution in [3.63, 3.8) is 0 Å². The van der Waals surface area contributed by atoms with E-state index in [1.807, 2.05) is 0 Å². The van der Waals surface area contributed by atoms with Gasteiger partial charge in [-0.1, -0.05) is 6.92 Å². The minimum Gasteiger partial charge on any atom is -0.470 e. The third kappa shape index (κ3) is 3.07. The van der Waals surface area contributed by atoms with Crippen LogP contribution in [0, 0.1) is 5.82 Å². The second-order valence-electron chi connectivity index (χ2n) is 8.21. The quantitative estimate of drug-likeness (QED) is 0.607. The fraction of sp³-hybridized carbons (Fsp3) is 0.429. The minimum absolute atomic E-state index is 0.267. The lowest BCUT2D eigenvalue weighted by Crippen LogP contribution is -2.45. The molecule has 0 aliphatic carbocycles. The van der Waals surface area contributed by atoms with Gasteiger partial charge in [-0.05, 0) is 12.6 Å². The van der Waals surface area contributed by atoms with Gasteiger partial charge in [-0.2, -0.15) is 5.10 Å². The first kappa shape index (κ1) is 19.4. The van der Waals surface area contributed by atoms with Crippen molar-refractivity contribution in [3.8, 4) is 5.88 Å². The maximum Gasteiger partial charge on any atom is 0.257 e. The number of rotatable bonds is 1. The molecule has 166 valence electrons. The van der Waals surface area contributed by atoms with Crippen LogP contribution in [0.4, 0.5) is 10.2 Å². The average molecular weight is 439 g/mol. The molecule has 32 heavy (non-hydrogen) atoms. The molecular weight excluding hydrogens is 417 g/mol. The number of anilines is 1. The van der Waals surface area contributed by atoms with Crippen molar-refractivity contribution in [1.29, 1.82) is 0 Å². The zero-order chi connectivity index (χ0) is 21.8. The monoisotopic (exact) mass is 439 g/mol. The molecule has 3 aromatic heterocycles. The van der Waals surface area contributed by atoms with Crippen molar-refractivity contribution in [2.45, 2.75) is 31.5 Å². The summed E-state index contributed by atoms with van der Waals surface area (Å²) < 4.78 is 22.1. The number of amides is 1. The first-order chi connectivity index (χ1) is 15.6. The molecule has 3 aliphatic heterocycles. The molecule has 1 N–H and O–H groups in total. The van der Waals surface area contributed by atoms with Crippen molar-refractivity contribution < 1.29 is 18.8 Å². The maximum atomic E-state index is 14.3. The molecule has 6 rings (SSSR count). The minimum atomic E-state index is -0.448. The van der Waals surface area contributed by atoms with Crippen LogP contribution in [0.3, 0.4) is 0 Å². The number of fused-ring (bicyclic) bond motifs is 6. The van der Waals surface area contributed by atoms with Crippen LogP contribution >= 0.6 is 0 Å². The molecule has 3 aromatic rings. The number of likely N-dealkylation sites (N-methyl/N-ethyl adjacent to an activating group) is 1. The van der Waals surface area contributed by atoms with Crippen molar-refractivity contribution in [2.75, 3.05) is 31.3 Å². The lowest BCUT2D eigenvalue weighted by Gasteiger charge is -2.26. The van der Waals surface area contributed by atoms with Gasteiger partial charge in [-0.25, -0.2) is 23.9 Å². The Labute approximate surface area is 182 Å². The fourth-order valence-electron chi connectivity index (χ4n) is 4.66. The van der Waals surface area contributed by atoms with Gasteiger partial charge in [0.2, 0.25) is 5.88 Å². The molecule has 10 nitrogen and oxygen atoms in total. The normalized spacial score (nSPS) is 25.4. The van der Waals surface area contributed by atoms with Crippen LogP contribution < -0.4 is 15.1 Å². The van der Waals surface area contributed by atoms with Gasteiger partial charge < -0.3 is 10.1 Å². The van der Waals surface area contributed by atoms with Gasteiger partial charge in [0, 0.05) is 37.3 Å². The van der Waals surface area contributed by atoms with Crippen LogP contribution in [0.5, 0.6) is 5.88 Å². The Bertz CT molecular complexity index is 1200. The van der Waals surface area contributed by atoms with Gasteiger partial charge in [0.25, 0.3) is 5.91 Å². The molecule has 0 radical (unpaired) electrons. The second-order valence-corrected chi connectivity index (χ2v) is 8.21. The van der Waals surface area contributed by atoms with Crippen LogP contribution in [0.25, 0.3) is 5.65 Å². The SMILES string of the molecule is CCN1C[C@@H]2Oc3ncc(F)cc3[C@@H]3CCON3c3ccn4ncc(c4n3)C(=O)N[C@@H]2C1. The Morgan fingerprint density at radius 1 is 1.31 bits per heavy atom. The average Bonchev–Trinajstić information content (AvgIpc) is 3.52. The Hall–Kier alpha value is -3.31. The molecule has 6 heterocycles. The van der Waals surface area contributed by atoms with Crippen LogP contribution in [-0.2, 0) is 4.84 Å². The number of hydroxylamine groups is 1. The van der Waals surface area contributed by atoms with Crippen LogP contribution in [0.1, 0.15) is 35.3 Å². The van der Waals surface area contributed by atoms with E-state index < -0.39 is 5.82 Å². The Balaban J connectivity index is 1.52. The van der Waals surface area contributed by atoms with E-state index in [1.165, 1.54) is 12.3 Å². The lowest BCUT2D eigenvalue weighted by molar-refractivity contribution is 0.0902. The molecule has 2 bridgehead atoms. The number of aromatic nitrogens is 4. The lowest BCUT2D eigenvalue weighted by atomic mass is 10.1. The molecule has 2 fully saturated rings. The molecule has 0 unspecified atom stereocenters. The molecule has 0 aromatic carbocycles. The van der Waals surface area contributed by atoms with E-state index >= 15 is 0 Å². The Morgan fingerprint density at radius 2 is 2.22 bits per heavy atom. The van der Waals surface area contributed by atoms with E-state index in [4.69, 9.17) is 9.57 Å². The van der Waals surface area contributed by atoms with Gasteiger partial charge in [0.05, 0.1) is 31.1 Å². The van der Waals surface area contributed by atoms with E-state index in [1.54, 1.807) is 21.8 Å². The molecule has 11 heteroatoms. The predicted molar refractivity (Wildman–Crippen MR) is 111 cm³/mol. The first-order valence-corrected chi connectivity index (χ1v) is 10.7. The molecular formula is C21H22FN7O3. The number of hydrogen-bond donors (Lipinski definition) is 1. The summed E-state index contributed by atoms with van der Waals surface area (Å²) in [4.78, 5) is 30.2. The van der Waals surface area contributed by atoms with Crippen LogP contribution in [-0.4, -0.2) is 68.8 Å². The van der Waals surface area contributed by atoms with E-state index in [9.17, 15) is 9.18 Å². The number of carbonyl (C=O) groups is 1. The third-order valence-electron chi connectivity index (χ3n) is 6.30. The van der Waals surface area contributed by atoms with Gasteiger partial charge in [-0.15, -0.1) is 0 Å². The number of likely N-dealkylation sites (tertiary alicyclic amines) is 1. The highest BCUT2D eigenvalue weighted by Crippen LogP contribution is 2.38. The number of nitrogens with zero attached hydrogens (tertiary/aromatic N) is 6. The number of nitrogens with one attached hydrogen (secondary N) is 1. The summed E-state index contributed by atoms with van der Waals surface area (Å²) >= 11 is 0. The summed E-state index contributed by atoms with van der Waals surface area (Å²) in [5.41, 5.74) is 1.39. The van der Waals surface area contributed by atoms with Gasteiger partial charge in [0.15, 0.2) is 11.5 Å². The molecule has 0 saturated carbocycles. The van der Waals surface area contributed by atoms with Crippen molar-refractivity contribution >= 4 is 17.4 Å². The van der Waals surface area contributed by atoms with Crippen LogP contribution in [0.2, 0.25) is 0 Å². The first-order valence-electron chi connectivity index (χ1n) is 10.7. The van der Waals surface area contributed by atoms with Crippen molar-refractivity contribution in [3.05, 3.63) is 47.7 Å². The Morgan fingerprint density at radius 3 is 3.09 bits per heavy atom. The topological polar surface area (TPSA) is 97.1 Å².